The molecule has 5 rings (SSSR count). The van der Waals surface area contributed by atoms with Gasteiger partial charge in [-0.15, -0.1) is 0 Å². The highest BCUT2D eigenvalue weighted by Crippen LogP contribution is 2.24. The Balaban J connectivity index is 1.33. The zero-order valence-electron chi connectivity index (χ0n) is 17.3. The second-order valence-electron chi connectivity index (χ2n) is 7.92. The Morgan fingerprint density at radius 1 is 1.06 bits per heavy atom. The average Bonchev–Trinajstić information content (AvgIpc) is 3.23. The van der Waals surface area contributed by atoms with Gasteiger partial charge >= 0.3 is 0 Å². The maximum Gasteiger partial charge on any atom is 0.255 e. The molecule has 4 aromatic rings. The average molecular weight is 466 g/mol. The number of pyridine rings is 1. The standard InChI is InChI=1S/C24H21Cl2N5O/c25-20-6-5-16(11-21(20)26)13-31-9-2-4-18(31)14-30-10-7-22-19(15-30)24(32)29-23(28-22)17-3-1-8-27-12-17/h1-6,8-9,11-12H,7,10,13-15H2,(H,28,29,32). The van der Waals surface area contributed by atoms with Crippen LogP contribution in [0.1, 0.15) is 22.5 Å². The van der Waals surface area contributed by atoms with Crippen molar-refractivity contribution in [3.05, 3.63) is 104 Å². The van der Waals surface area contributed by atoms with Gasteiger partial charge in [-0.3, -0.25) is 14.7 Å². The van der Waals surface area contributed by atoms with Crippen LogP contribution < -0.4 is 5.56 Å². The predicted octanol–water partition coefficient (Wildman–Crippen LogP) is 4.55. The minimum atomic E-state index is -0.0789. The molecule has 1 aliphatic rings. The highest BCUT2D eigenvalue weighted by atomic mass is 35.5. The number of rotatable bonds is 5. The highest BCUT2D eigenvalue weighted by Gasteiger charge is 2.22. The van der Waals surface area contributed by atoms with E-state index in [1.807, 2.05) is 36.4 Å². The summed E-state index contributed by atoms with van der Waals surface area (Å²) in [5.74, 6) is 0.575. The summed E-state index contributed by atoms with van der Waals surface area (Å²) >= 11 is 12.2. The van der Waals surface area contributed by atoms with Gasteiger partial charge in [-0.05, 0) is 42.0 Å². The molecule has 0 saturated heterocycles. The number of hydrogen-bond donors (Lipinski definition) is 1. The van der Waals surface area contributed by atoms with Crippen LogP contribution >= 0.6 is 23.2 Å². The van der Waals surface area contributed by atoms with E-state index < -0.39 is 0 Å². The molecule has 0 bridgehead atoms. The summed E-state index contributed by atoms with van der Waals surface area (Å²) in [4.78, 5) is 26.8. The lowest BCUT2D eigenvalue weighted by Crippen LogP contribution is -2.36. The molecule has 0 saturated carbocycles. The summed E-state index contributed by atoms with van der Waals surface area (Å²) in [6.07, 6.45) is 6.21. The largest absolute Gasteiger partial charge is 0.346 e. The smallest absolute Gasteiger partial charge is 0.255 e. The molecular formula is C24H21Cl2N5O. The molecule has 0 amide bonds. The van der Waals surface area contributed by atoms with Gasteiger partial charge in [0.2, 0.25) is 0 Å². The van der Waals surface area contributed by atoms with Gasteiger partial charge in [0.25, 0.3) is 5.56 Å². The number of fused-ring (bicyclic) bond motifs is 1. The van der Waals surface area contributed by atoms with E-state index in [4.69, 9.17) is 28.2 Å². The summed E-state index contributed by atoms with van der Waals surface area (Å²) in [5.41, 5.74) is 4.61. The molecule has 3 aromatic heterocycles. The second-order valence-corrected chi connectivity index (χ2v) is 8.73. The maximum absolute atomic E-state index is 12.8. The molecule has 0 aliphatic carbocycles. The number of hydrogen-bond acceptors (Lipinski definition) is 4. The summed E-state index contributed by atoms with van der Waals surface area (Å²) in [7, 11) is 0. The van der Waals surface area contributed by atoms with E-state index >= 15 is 0 Å². The second kappa shape index (κ2) is 8.90. The Kier molecular flexibility index (Phi) is 5.83. The van der Waals surface area contributed by atoms with Crippen LogP contribution in [0.4, 0.5) is 0 Å². The lowest BCUT2D eigenvalue weighted by atomic mass is 10.1. The summed E-state index contributed by atoms with van der Waals surface area (Å²) in [6.45, 7) is 2.87. The number of nitrogens with zero attached hydrogens (tertiary/aromatic N) is 4. The minimum absolute atomic E-state index is 0.0789. The van der Waals surface area contributed by atoms with E-state index in [2.05, 4.69) is 31.7 Å². The Hall–Kier alpha value is -2.93. The van der Waals surface area contributed by atoms with Crippen molar-refractivity contribution in [2.45, 2.75) is 26.1 Å². The van der Waals surface area contributed by atoms with Crippen LogP contribution in [0.5, 0.6) is 0 Å². The van der Waals surface area contributed by atoms with E-state index in [0.29, 0.717) is 29.0 Å². The van der Waals surface area contributed by atoms with Crippen molar-refractivity contribution in [3.63, 3.8) is 0 Å². The van der Waals surface area contributed by atoms with Crippen molar-refractivity contribution < 1.29 is 0 Å². The van der Waals surface area contributed by atoms with Gasteiger partial charge in [0.05, 0.1) is 21.3 Å². The first-order chi connectivity index (χ1) is 15.6. The van der Waals surface area contributed by atoms with Crippen molar-refractivity contribution in [1.82, 2.24) is 24.4 Å². The van der Waals surface area contributed by atoms with E-state index in [-0.39, 0.29) is 5.56 Å². The van der Waals surface area contributed by atoms with Crippen LogP contribution in [0.3, 0.4) is 0 Å². The van der Waals surface area contributed by atoms with Gasteiger partial charge in [0.15, 0.2) is 0 Å². The van der Waals surface area contributed by atoms with Crippen LogP contribution in [-0.2, 0) is 26.1 Å². The van der Waals surface area contributed by atoms with Gasteiger partial charge in [-0.1, -0.05) is 29.3 Å². The topological polar surface area (TPSA) is 66.8 Å². The van der Waals surface area contributed by atoms with Crippen molar-refractivity contribution in [1.29, 1.82) is 0 Å². The van der Waals surface area contributed by atoms with E-state index in [9.17, 15) is 4.79 Å². The van der Waals surface area contributed by atoms with E-state index in [1.54, 1.807) is 12.4 Å². The molecular weight excluding hydrogens is 445 g/mol. The highest BCUT2D eigenvalue weighted by molar-refractivity contribution is 6.42. The zero-order chi connectivity index (χ0) is 22.1. The van der Waals surface area contributed by atoms with Crippen LogP contribution in [-0.4, -0.2) is 31.0 Å². The predicted molar refractivity (Wildman–Crippen MR) is 126 cm³/mol. The minimum Gasteiger partial charge on any atom is -0.346 e. The number of nitrogens with one attached hydrogen (secondary N) is 1. The number of halogens is 2. The molecule has 32 heavy (non-hydrogen) atoms. The first-order valence-electron chi connectivity index (χ1n) is 10.4. The van der Waals surface area contributed by atoms with Crippen molar-refractivity contribution in [3.8, 4) is 11.4 Å². The molecule has 0 unspecified atom stereocenters. The molecule has 162 valence electrons. The maximum atomic E-state index is 12.8. The van der Waals surface area contributed by atoms with Gasteiger partial charge in [-0.25, -0.2) is 4.98 Å². The SMILES string of the molecule is O=c1[nH]c(-c2cccnc2)nc2c1CN(Cc1cccn1Cc1ccc(Cl)c(Cl)c1)CC2. The van der Waals surface area contributed by atoms with Crippen molar-refractivity contribution in [2.24, 2.45) is 0 Å². The summed E-state index contributed by atoms with van der Waals surface area (Å²) < 4.78 is 2.20. The third-order valence-corrected chi connectivity index (χ3v) is 6.47. The van der Waals surface area contributed by atoms with Gasteiger partial charge in [0, 0.05) is 62.4 Å². The van der Waals surface area contributed by atoms with Gasteiger partial charge in [-0.2, -0.15) is 0 Å². The molecule has 8 heteroatoms. The normalized spacial score (nSPS) is 13.8. The lowest BCUT2D eigenvalue weighted by Gasteiger charge is -2.28. The summed E-state index contributed by atoms with van der Waals surface area (Å²) in [5, 5.41) is 1.11. The number of aromatic amines is 1. The molecule has 1 N–H and O–H groups in total. The number of benzene rings is 1. The Morgan fingerprint density at radius 3 is 2.78 bits per heavy atom. The molecule has 0 atom stereocenters. The first kappa shape index (κ1) is 20.9. The fraction of sp³-hybridized carbons (Fsp3) is 0.208. The molecule has 6 nitrogen and oxygen atoms in total. The Morgan fingerprint density at radius 2 is 1.97 bits per heavy atom. The zero-order valence-corrected chi connectivity index (χ0v) is 18.8. The van der Waals surface area contributed by atoms with Crippen LogP contribution in [0.15, 0.2) is 65.8 Å². The van der Waals surface area contributed by atoms with Gasteiger partial charge < -0.3 is 9.55 Å². The van der Waals surface area contributed by atoms with Crippen LogP contribution in [0.2, 0.25) is 10.0 Å². The van der Waals surface area contributed by atoms with E-state index in [0.717, 1.165) is 41.9 Å². The third kappa shape index (κ3) is 4.35. The third-order valence-electron chi connectivity index (χ3n) is 5.73. The Bertz CT molecular complexity index is 1320. The number of aromatic nitrogens is 4. The number of H-pyrrole nitrogens is 1. The fourth-order valence-electron chi connectivity index (χ4n) is 4.07. The van der Waals surface area contributed by atoms with Gasteiger partial charge in [0.1, 0.15) is 5.82 Å². The van der Waals surface area contributed by atoms with Crippen LogP contribution in [0.25, 0.3) is 11.4 Å². The summed E-state index contributed by atoms with van der Waals surface area (Å²) in [6, 6.07) is 13.6. The quantitative estimate of drug-likeness (QED) is 0.469. The molecule has 1 aliphatic heterocycles. The molecule has 4 heterocycles. The monoisotopic (exact) mass is 465 g/mol. The lowest BCUT2D eigenvalue weighted by molar-refractivity contribution is 0.236. The Labute approximate surface area is 195 Å². The van der Waals surface area contributed by atoms with E-state index in [1.165, 1.54) is 5.69 Å². The van der Waals surface area contributed by atoms with Crippen molar-refractivity contribution >= 4 is 23.2 Å². The fourth-order valence-corrected chi connectivity index (χ4v) is 4.39. The van der Waals surface area contributed by atoms with Crippen LogP contribution in [0, 0.1) is 0 Å². The van der Waals surface area contributed by atoms with Crippen molar-refractivity contribution in [2.75, 3.05) is 6.54 Å². The molecule has 0 fully saturated rings. The first-order valence-corrected chi connectivity index (χ1v) is 11.1. The molecule has 1 aromatic carbocycles. The molecule has 0 spiro atoms. The molecule has 0 radical (unpaired) electrons.